The molecular formula is C13H19ClN2. The quantitative estimate of drug-likeness (QED) is 0.848. The van der Waals surface area contributed by atoms with Gasteiger partial charge in [-0.1, -0.05) is 17.7 Å². The highest BCUT2D eigenvalue weighted by Gasteiger charge is 2.17. The third kappa shape index (κ3) is 3.39. The minimum absolute atomic E-state index is 0.433. The Morgan fingerprint density at radius 2 is 2.00 bits per heavy atom. The van der Waals surface area contributed by atoms with Crippen LogP contribution in [0.3, 0.4) is 0 Å². The third-order valence-corrected chi connectivity index (χ3v) is 3.55. The van der Waals surface area contributed by atoms with Crippen molar-refractivity contribution in [2.75, 3.05) is 11.9 Å². The summed E-state index contributed by atoms with van der Waals surface area (Å²) in [4.78, 5) is 0. The maximum Gasteiger partial charge on any atom is 0.0426 e. The molecule has 0 atom stereocenters. The van der Waals surface area contributed by atoms with Crippen molar-refractivity contribution in [1.29, 1.82) is 0 Å². The van der Waals surface area contributed by atoms with Crippen molar-refractivity contribution in [3.8, 4) is 0 Å². The minimum Gasteiger partial charge on any atom is -0.385 e. The van der Waals surface area contributed by atoms with E-state index in [-0.39, 0.29) is 0 Å². The van der Waals surface area contributed by atoms with Crippen molar-refractivity contribution >= 4 is 17.3 Å². The van der Waals surface area contributed by atoms with Gasteiger partial charge in [0.05, 0.1) is 0 Å². The number of rotatable bonds is 3. The number of benzene rings is 1. The molecule has 0 amide bonds. The zero-order chi connectivity index (χ0) is 11.4. The molecule has 0 saturated heterocycles. The highest BCUT2D eigenvalue weighted by atomic mass is 35.5. The van der Waals surface area contributed by atoms with Gasteiger partial charge in [0.2, 0.25) is 0 Å². The van der Waals surface area contributed by atoms with Crippen LogP contribution in [0.4, 0.5) is 5.69 Å². The van der Waals surface area contributed by atoms with E-state index in [2.05, 4.69) is 11.4 Å². The third-order valence-electron chi connectivity index (χ3n) is 3.31. The van der Waals surface area contributed by atoms with Gasteiger partial charge >= 0.3 is 0 Å². The first kappa shape index (κ1) is 11.7. The number of anilines is 1. The van der Waals surface area contributed by atoms with Gasteiger partial charge in [-0.25, -0.2) is 0 Å². The molecule has 3 N–H and O–H groups in total. The van der Waals surface area contributed by atoms with E-state index in [1.165, 1.54) is 25.7 Å². The van der Waals surface area contributed by atoms with Crippen LogP contribution in [0.15, 0.2) is 24.3 Å². The molecule has 16 heavy (non-hydrogen) atoms. The van der Waals surface area contributed by atoms with E-state index in [1.807, 2.05) is 18.2 Å². The molecule has 0 bridgehead atoms. The number of nitrogens with one attached hydrogen (secondary N) is 1. The fraction of sp³-hybridized carbons (Fsp3) is 0.538. The SMILES string of the molecule is NC1CCC(CNc2cccc(Cl)c2)CC1. The van der Waals surface area contributed by atoms with Gasteiger partial charge in [0.1, 0.15) is 0 Å². The number of halogens is 1. The molecule has 0 aliphatic heterocycles. The molecule has 88 valence electrons. The van der Waals surface area contributed by atoms with E-state index < -0.39 is 0 Å². The number of hydrogen-bond donors (Lipinski definition) is 2. The molecule has 3 heteroatoms. The van der Waals surface area contributed by atoms with E-state index >= 15 is 0 Å². The maximum absolute atomic E-state index is 5.93. The van der Waals surface area contributed by atoms with Crippen molar-refractivity contribution in [3.05, 3.63) is 29.3 Å². The molecule has 1 aliphatic carbocycles. The molecule has 2 nitrogen and oxygen atoms in total. The minimum atomic E-state index is 0.433. The Balaban J connectivity index is 1.79. The lowest BCUT2D eigenvalue weighted by atomic mass is 9.86. The van der Waals surface area contributed by atoms with Gasteiger partial charge in [-0.3, -0.25) is 0 Å². The first-order valence-electron chi connectivity index (χ1n) is 5.99. The van der Waals surface area contributed by atoms with Gasteiger partial charge in [0.25, 0.3) is 0 Å². The maximum atomic E-state index is 5.93. The highest BCUT2D eigenvalue weighted by molar-refractivity contribution is 6.30. The molecule has 0 unspecified atom stereocenters. The van der Waals surface area contributed by atoms with Crippen molar-refractivity contribution < 1.29 is 0 Å². The summed E-state index contributed by atoms with van der Waals surface area (Å²) in [5.41, 5.74) is 7.00. The Kier molecular flexibility index (Phi) is 4.08. The van der Waals surface area contributed by atoms with Crippen LogP contribution >= 0.6 is 11.6 Å². The highest BCUT2D eigenvalue weighted by Crippen LogP contribution is 2.24. The number of nitrogens with two attached hydrogens (primary N) is 1. The molecule has 0 heterocycles. The molecule has 1 aliphatic rings. The van der Waals surface area contributed by atoms with Gasteiger partial charge < -0.3 is 11.1 Å². The Morgan fingerprint density at radius 1 is 1.25 bits per heavy atom. The first-order valence-corrected chi connectivity index (χ1v) is 6.37. The van der Waals surface area contributed by atoms with E-state index in [0.29, 0.717) is 6.04 Å². The topological polar surface area (TPSA) is 38.0 Å². The molecule has 0 spiro atoms. The lowest BCUT2D eigenvalue weighted by Gasteiger charge is -2.26. The fourth-order valence-electron chi connectivity index (χ4n) is 2.25. The summed E-state index contributed by atoms with van der Waals surface area (Å²) in [6.07, 6.45) is 4.83. The molecule has 1 aromatic carbocycles. The second kappa shape index (κ2) is 5.55. The van der Waals surface area contributed by atoms with Crippen molar-refractivity contribution in [1.82, 2.24) is 0 Å². The molecule has 0 radical (unpaired) electrons. The smallest absolute Gasteiger partial charge is 0.0426 e. The van der Waals surface area contributed by atoms with Crippen LogP contribution in [-0.2, 0) is 0 Å². The second-order valence-electron chi connectivity index (χ2n) is 4.67. The second-order valence-corrected chi connectivity index (χ2v) is 5.11. The largest absolute Gasteiger partial charge is 0.385 e. The normalized spacial score (nSPS) is 25.4. The summed E-state index contributed by atoms with van der Waals surface area (Å²) in [7, 11) is 0. The Bertz CT molecular complexity index is 332. The Labute approximate surface area is 102 Å². The van der Waals surface area contributed by atoms with Gasteiger partial charge in [-0.15, -0.1) is 0 Å². The van der Waals surface area contributed by atoms with E-state index in [4.69, 9.17) is 17.3 Å². The molecule has 1 aromatic rings. The van der Waals surface area contributed by atoms with Crippen molar-refractivity contribution in [2.24, 2.45) is 11.7 Å². The summed E-state index contributed by atoms with van der Waals surface area (Å²) >= 11 is 5.93. The van der Waals surface area contributed by atoms with Crippen LogP contribution in [0.5, 0.6) is 0 Å². The van der Waals surface area contributed by atoms with Crippen molar-refractivity contribution in [3.63, 3.8) is 0 Å². The lowest BCUT2D eigenvalue weighted by molar-refractivity contribution is 0.339. The summed E-state index contributed by atoms with van der Waals surface area (Å²) < 4.78 is 0. The summed E-state index contributed by atoms with van der Waals surface area (Å²) in [5, 5.41) is 4.23. The van der Waals surface area contributed by atoms with Gasteiger partial charge in [0, 0.05) is 23.3 Å². The summed E-state index contributed by atoms with van der Waals surface area (Å²) in [6, 6.07) is 8.33. The lowest BCUT2D eigenvalue weighted by Crippen LogP contribution is -2.29. The summed E-state index contributed by atoms with van der Waals surface area (Å²) in [5.74, 6) is 0.763. The van der Waals surface area contributed by atoms with Crippen molar-refractivity contribution in [2.45, 2.75) is 31.7 Å². The van der Waals surface area contributed by atoms with Crippen LogP contribution in [0.25, 0.3) is 0 Å². The molecule has 1 fully saturated rings. The fourth-order valence-corrected chi connectivity index (χ4v) is 2.44. The van der Waals surface area contributed by atoms with Gasteiger partial charge in [-0.05, 0) is 49.8 Å². The van der Waals surface area contributed by atoms with Crippen LogP contribution < -0.4 is 11.1 Å². The van der Waals surface area contributed by atoms with Crippen LogP contribution in [-0.4, -0.2) is 12.6 Å². The predicted molar refractivity (Wildman–Crippen MR) is 69.9 cm³/mol. The molecule has 2 rings (SSSR count). The van der Waals surface area contributed by atoms with Gasteiger partial charge in [0.15, 0.2) is 0 Å². The van der Waals surface area contributed by atoms with Crippen LogP contribution in [0.1, 0.15) is 25.7 Å². The summed E-state index contributed by atoms with van der Waals surface area (Å²) in [6.45, 7) is 1.03. The van der Waals surface area contributed by atoms with Crippen LogP contribution in [0.2, 0.25) is 5.02 Å². The zero-order valence-electron chi connectivity index (χ0n) is 9.45. The molecular weight excluding hydrogens is 220 g/mol. The standard InChI is InChI=1S/C13H19ClN2/c14-11-2-1-3-13(8-11)16-9-10-4-6-12(15)7-5-10/h1-3,8,10,12,16H,4-7,9,15H2. The Hall–Kier alpha value is -0.730. The van der Waals surface area contributed by atoms with E-state index in [1.54, 1.807) is 0 Å². The van der Waals surface area contributed by atoms with E-state index in [0.717, 1.165) is 23.2 Å². The first-order chi connectivity index (χ1) is 7.74. The number of hydrogen-bond acceptors (Lipinski definition) is 2. The van der Waals surface area contributed by atoms with Gasteiger partial charge in [-0.2, -0.15) is 0 Å². The molecule has 1 saturated carbocycles. The predicted octanol–water partition coefficient (Wildman–Crippen LogP) is 3.27. The van der Waals surface area contributed by atoms with E-state index in [9.17, 15) is 0 Å². The average molecular weight is 239 g/mol. The van der Waals surface area contributed by atoms with Crippen LogP contribution in [0, 0.1) is 5.92 Å². The monoisotopic (exact) mass is 238 g/mol. The average Bonchev–Trinajstić information content (AvgIpc) is 2.28. The Morgan fingerprint density at radius 3 is 2.69 bits per heavy atom. The molecule has 0 aromatic heterocycles. The zero-order valence-corrected chi connectivity index (χ0v) is 10.2.